The third kappa shape index (κ3) is 3.13. The Hall–Kier alpha value is -2.18. The van der Waals surface area contributed by atoms with E-state index in [1.165, 1.54) is 10.9 Å². The number of nitrogens with zero attached hydrogens (tertiary/aromatic N) is 2. The fourth-order valence-electron chi connectivity index (χ4n) is 2.25. The maximum atomic E-state index is 11.2. The number of carboxylic acids is 1. The van der Waals surface area contributed by atoms with Crippen molar-refractivity contribution in [2.45, 2.75) is 20.3 Å². The van der Waals surface area contributed by atoms with Gasteiger partial charge in [-0.1, -0.05) is 18.5 Å². The molecule has 0 radical (unpaired) electrons. The molecule has 118 valence electrons. The number of nitrogens with one attached hydrogen (secondary N) is 1. The van der Waals surface area contributed by atoms with Gasteiger partial charge in [-0.15, -0.1) is 11.3 Å². The highest BCUT2D eigenvalue weighted by Crippen LogP contribution is 2.31. The van der Waals surface area contributed by atoms with Gasteiger partial charge in [-0.25, -0.2) is 14.8 Å². The molecule has 3 aromatic rings. The maximum absolute atomic E-state index is 11.2. The van der Waals surface area contributed by atoms with E-state index < -0.39 is 5.97 Å². The van der Waals surface area contributed by atoms with E-state index in [-0.39, 0.29) is 10.6 Å². The van der Waals surface area contributed by atoms with E-state index in [1.807, 2.05) is 6.92 Å². The van der Waals surface area contributed by atoms with Crippen molar-refractivity contribution in [3.8, 4) is 0 Å². The Kier molecular flexibility index (Phi) is 4.19. The largest absolute Gasteiger partial charge is 0.478 e. The molecule has 0 spiro atoms. The highest BCUT2D eigenvalue weighted by Gasteiger charge is 2.13. The van der Waals surface area contributed by atoms with Crippen LogP contribution in [-0.2, 0) is 6.42 Å². The van der Waals surface area contributed by atoms with E-state index in [9.17, 15) is 9.90 Å². The minimum absolute atomic E-state index is 0.0539. The lowest BCUT2D eigenvalue weighted by molar-refractivity contribution is 0.0697. The molecule has 0 saturated heterocycles. The van der Waals surface area contributed by atoms with Crippen molar-refractivity contribution in [2.24, 2.45) is 0 Å². The molecule has 0 atom stereocenters. The third-order valence-corrected chi connectivity index (χ3v) is 4.87. The fraction of sp³-hybridized carbons (Fsp3) is 0.188. The van der Waals surface area contributed by atoms with Crippen LogP contribution in [0.1, 0.15) is 28.0 Å². The van der Waals surface area contributed by atoms with Crippen LogP contribution in [0.5, 0.6) is 0 Å². The van der Waals surface area contributed by atoms with Gasteiger partial charge < -0.3 is 10.4 Å². The Morgan fingerprint density at radius 3 is 2.83 bits per heavy atom. The summed E-state index contributed by atoms with van der Waals surface area (Å²) in [5, 5.41) is 13.5. The van der Waals surface area contributed by atoms with Gasteiger partial charge in [-0.3, -0.25) is 0 Å². The van der Waals surface area contributed by atoms with Crippen molar-refractivity contribution in [3.63, 3.8) is 0 Å². The number of rotatable bonds is 4. The minimum Gasteiger partial charge on any atom is -0.478 e. The smallest absolute Gasteiger partial charge is 0.337 e. The molecule has 2 aromatic heterocycles. The summed E-state index contributed by atoms with van der Waals surface area (Å²) in [6.07, 6.45) is 0.934. The fourth-order valence-corrected chi connectivity index (χ4v) is 3.46. The number of aryl methyl sites for hydroxylation is 2. The van der Waals surface area contributed by atoms with Crippen molar-refractivity contribution < 1.29 is 9.90 Å². The van der Waals surface area contributed by atoms with Crippen molar-refractivity contribution in [3.05, 3.63) is 45.6 Å². The van der Waals surface area contributed by atoms with Crippen molar-refractivity contribution >= 4 is 50.6 Å². The van der Waals surface area contributed by atoms with Crippen LogP contribution in [0.15, 0.2) is 24.3 Å². The monoisotopic (exact) mass is 347 g/mol. The average Bonchev–Trinajstić information content (AvgIpc) is 2.92. The molecule has 0 saturated carbocycles. The van der Waals surface area contributed by atoms with Gasteiger partial charge in [0.2, 0.25) is 0 Å². The summed E-state index contributed by atoms with van der Waals surface area (Å²) in [6.45, 7) is 3.93. The van der Waals surface area contributed by atoms with E-state index in [2.05, 4.69) is 28.3 Å². The molecule has 23 heavy (non-hydrogen) atoms. The predicted octanol–water partition coefficient (Wildman–Crippen LogP) is 4.66. The van der Waals surface area contributed by atoms with Crippen LogP contribution in [0.2, 0.25) is 5.02 Å². The molecule has 3 rings (SSSR count). The van der Waals surface area contributed by atoms with Crippen molar-refractivity contribution in [1.29, 1.82) is 0 Å². The molecule has 2 heterocycles. The number of benzene rings is 1. The molecule has 0 aliphatic rings. The van der Waals surface area contributed by atoms with Crippen molar-refractivity contribution in [1.82, 2.24) is 9.97 Å². The van der Waals surface area contributed by atoms with E-state index in [1.54, 1.807) is 23.5 Å². The summed E-state index contributed by atoms with van der Waals surface area (Å²) in [5.41, 5.74) is 0.675. The van der Waals surface area contributed by atoms with Gasteiger partial charge in [0.15, 0.2) is 0 Å². The molecule has 7 heteroatoms. The first-order valence-corrected chi connectivity index (χ1v) is 8.24. The van der Waals surface area contributed by atoms with Gasteiger partial charge in [0.1, 0.15) is 16.5 Å². The van der Waals surface area contributed by atoms with E-state index in [4.69, 9.17) is 11.6 Å². The summed E-state index contributed by atoms with van der Waals surface area (Å²) in [5.74, 6) is 0.269. The Labute approximate surface area is 142 Å². The number of carbonyl (C=O) groups is 1. The van der Waals surface area contributed by atoms with Crippen LogP contribution >= 0.6 is 22.9 Å². The van der Waals surface area contributed by atoms with Crippen LogP contribution in [0, 0.1) is 6.92 Å². The average molecular weight is 348 g/mol. The second kappa shape index (κ2) is 6.14. The Morgan fingerprint density at radius 2 is 2.13 bits per heavy atom. The number of halogens is 1. The summed E-state index contributed by atoms with van der Waals surface area (Å²) in [6, 6.07) is 6.85. The molecule has 2 N–H and O–H groups in total. The molecule has 1 aromatic carbocycles. The van der Waals surface area contributed by atoms with Crippen LogP contribution in [-0.4, -0.2) is 21.0 Å². The summed E-state index contributed by atoms with van der Waals surface area (Å²) >= 11 is 7.54. The van der Waals surface area contributed by atoms with Crippen LogP contribution in [0.3, 0.4) is 0 Å². The van der Waals surface area contributed by atoms with Crippen LogP contribution < -0.4 is 5.32 Å². The third-order valence-electron chi connectivity index (χ3n) is 3.36. The number of anilines is 2. The first-order valence-electron chi connectivity index (χ1n) is 7.05. The maximum Gasteiger partial charge on any atom is 0.337 e. The highest BCUT2D eigenvalue weighted by molar-refractivity contribution is 7.18. The molecule has 0 amide bonds. The number of hydrogen-bond donors (Lipinski definition) is 2. The molecule has 0 bridgehead atoms. The van der Waals surface area contributed by atoms with Crippen LogP contribution in [0.25, 0.3) is 10.2 Å². The standard InChI is InChI=1S/C16H14ClN3O2S/c1-3-10-7-12-14(18-8(2)19-15(12)23-10)20-9-4-5-13(17)11(6-9)16(21)22/h4-7H,3H2,1-2H3,(H,21,22)(H,18,19,20). The molecule has 5 nitrogen and oxygen atoms in total. The summed E-state index contributed by atoms with van der Waals surface area (Å²) < 4.78 is 0. The van der Waals surface area contributed by atoms with E-state index in [0.717, 1.165) is 16.6 Å². The molecular formula is C16H14ClN3O2S. The number of aromatic nitrogens is 2. The lowest BCUT2D eigenvalue weighted by atomic mass is 10.2. The van der Waals surface area contributed by atoms with Crippen LogP contribution in [0.4, 0.5) is 11.5 Å². The Bertz CT molecular complexity index is 908. The second-order valence-electron chi connectivity index (χ2n) is 5.03. The number of hydrogen-bond acceptors (Lipinski definition) is 5. The first-order chi connectivity index (χ1) is 11.0. The number of carboxylic acid groups (broad SMARTS) is 1. The van der Waals surface area contributed by atoms with Gasteiger partial charge in [-0.05, 0) is 37.6 Å². The minimum atomic E-state index is -1.06. The van der Waals surface area contributed by atoms with Crippen molar-refractivity contribution in [2.75, 3.05) is 5.32 Å². The lowest BCUT2D eigenvalue weighted by Gasteiger charge is -2.09. The summed E-state index contributed by atoms with van der Waals surface area (Å²) in [7, 11) is 0. The van der Waals surface area contributed by atoms with Gasteiger partial charge in [0.25, 0.3) is 0 Å². The highest BCUT2D eigenvalue weighted by atomic mass is 35.5. The van der Waals surface area contributed by atoms with Gasteiger partial charge in [0.05, 0.1) is 16.0 Å². The van der Waals surface area contributed by atoms with E-state index in [0.29, 0.717) is 17.3 Å². The normalized spacial score (nSPS) is 10.9. The number of fused-ring (bicyclic) bond motifs is 1. The van der Waals surface area contributed by atoms with Gasteiger partial charge in [-0.2, -0.15) is 0 Å². The zero-order valence-electron chi connectivity index (χ0n) is 12.6. The first kappa shape index (κ1) is 15.7. The van der Waals surface area contributed by atoms with Gasteiger partial charge >= 0.3 is 5.97 Å². The van der Waals surface area contributed by atoms with E-state index >= 15 is 0 Å². The Morgan fingerprint density at radius 1 is 1.35 bits per heavy atom. The SMILES string of the molecule is CCc1cc2c(Nc3ccc(Cl)c(C(=O)O)c3)nc(C)nc2s1. The quantitative estimate of drug-likeness (QED) is 0.718. The zero-order valence-corrected chi connectivity index (χ0v) is 14.1. The second-order valence-corrected chi connectivity index (χ2v) is 6.55. The molecule has 0 fully saturated rings. The Balaban J connectivity index is 2.06. The molecule has 0 aliphatic carbocycles. The van der Waals surface area contributed by atoms with Gasteiger partial charge in [0, 0.05) is 10.6 Å². The number of thiophene rings is 1. The molecule has 0 unspecified atom stereocenters. The lowest BCUT2D eigenvalue weighted by Crippen LogP contribution is -2.01. The summed E-state index contributed by atoms with van der Waals surface area (Å²) in [4.78, 5) is 22.3. The molecule has 0 aliphatic heterocycles. The molecular weight excluding hydrogens is 334 g/mol. The zero-order chi connectivity index (χ0) is 16.6. The topological polar surface area (TPSA) is 75.1 Å². The predicted molar refractivity (Wildman–Crippen MR) is 93.2 cm³/mol. The number of aromatic carboxylic acids is 1.